The number of Topliss-reactive ketones (excluding diaryl/α,β-unsaturated/α-hetero) is 1. The molecule has 2 aliphatic rings. The van der Waals surface area contributed by atoms with Crippen LogP contribution >= 0.6 is 0 Å². The molecule has 3 rings (SSSR count). The van der Waals surface area contributed by atoms with E-state index in [1.807, 2.05) is 6.92 Å². The largest absolute Gasteiger partial charge is 0.368 e. The van der Waals surface area contributed by atoms with Gasteiger partial charge in [0, 0.05) is 29.4 Å². The number of nitrogens with two attached hydrogens (primary N) is 1. The molecule has 6 nitrogen and oxygen atoms in total. The Morgan fingerprint density at radius 3 is 2.46 bits per heavy atom. The van der Waals surface area contributed by atoms with Gasteiger partial charge in [-0.3, -0.25) is 14.4 Å². The van der Waals surface area contributed by atoms with E-state index < -0.39 is 11.9 Å². The minimum atomic E-state index is -0.723. The van der Waals surface area contributed by atoms with Gasteiger partial charge in [-0.15, -0.1) is 0 Å². The Kier molecular flexibility index (Phi) is 5.69. The van der Waals surface area contributed by atoms with Gasteiger partial charge in [0.25, 0.3) is 0 Å². The Hall–Kier alpha value is -2.11. The molecule has 154 valence electrons. The summed E-state index contributed by atoms with van der Waals surface area (Å²) in [6, 6.07) is -0.316. The molecule has 0 bridgehead atoms. The number of primary amides is 1. The van der Waals surface area contributed by atoms with Gasteiger partial charge < -0.3 is 15.6 Å². The highest BCUT2D eigenvalue weighted by Gasteiger charge is 2.38. The van der Waals surface area contributed by atoms with Crippen molar-refractivity contribution in [3.63, 3.8) is 0 Å². The molecule has 1 fully saturated rings. The second kappa shape index (κ2) is 7.72. The number of carbonyl (C=O) groups is 3. The Bertz CT molecular complexity index is 800. The summed E-state index contributed by atoms with van der Waals surface area (Å²) >= 11 is 0. The van der Waals surface area contributed by atoms with E-state index in [9.17, 15) is 14.4 Å². The van der Waals surface area contributed by atoms with E-state index in [0.29, 0.717) is 12.5 Å². The summed E-state index contributed by atoms with van der Waals surface area (Å²) in [6.45, 7) is 7.89. The molecule has 6 heteroatoms. The maximum Gasteiger partial charge on any atom is 0.239 e. The van der Waals surface area contributed by atoms with E-state index in [0.717, 1.165) is 41.8 Å². The zero-order chi connectivity index (χ0) is 20.6. The van der Waals surface area contributed by atoms with E-state index in [1.165, 1.54) is 19.3 Å². The number of carbonyl (C=O) groups excluding carboxylic acids is 3. The molecule has 2 amide bonds. The second-order valence-electron chi connectivity index (χ2n) is 9.36. The summed E-state index contributed by atoms with van der Waals surface area (Å²) in [4.78, 5) is 36.9. The van der Waals surface area contributed by atoms with Gasteiger partial charge in [-0.25, -0.2) is 0 Å². The fraction of sp³-hybridized carbons (Fsp3) is 0.682. The highest BCUT2D eigenvalue weighted by molar-refractivity contribution is 6.02. The summed E-state index contributed by atoms with van der Waals surface area (Å²) in [5.74, 6) is -0.699. The molecule has 0 spiro atoms. The first-order valence-electron chi connectivity index (χ1n) is 10.4. The first-order valence-corrected chi connectivity index (χ1v) is 10.4. The number of hydrogen-bond acceptors (Lipinski definition) is 3. The van der Waals surface area contributed by atoms with Crippen molar-refractivity contribution in [2.45, 2.75) is 91.1 Å². The number of nitrogens with one attached hydrogen (secondary N) is 1. The Morgan fingerprint density at radius 2 is 1.86 bits per heavy atom. The van der Waals surface area contributed by atoms with Crippen LogP contribution in [0, 0.1) is 12.3 Å². The van der Waals surface area contributed by atoms with E-state index in [2.05, 4.69) is 23.7 Å². The van der Waals surface area contributed by atoms with Crippen LogP contribution in [0.25, 0.3) is 0 Å². The zero-order valence-electron chi connectivity index (χ0n) is 17.6. The van der Waals surface area contributed by atoms with E-state index >= 15 is 0 Å². The highest BCUT2D eigenvalue weighted by atomic mass is 16.2. The standard InChI is InChI=1S/C22H33N3O3/c1-13(21(23)28)24-19(27)10-16-14(2)25(15-8-6-5-7-9-15)17-11-22(3,4)12-18(26)20(16)17/h13,15H,5-12H2,1-4H3,(H2,23,28)(H,24,27)/t13-/m0/s1. The maximum absolute atomic E-state index is 13.1. The molecule has 0 aliphatic heterocycles. The Balaban J connectivity index is 2.00. The molecule has 1 aromatic heterocycles. The fourth-order valence-electron chi connectivity index (χ4n) is 4.94. The van der Waals surface area contributed by atoms with Crippen LogP contribution in [0.2, 0.25) is 0 Å². The number of fused-ring (bicyclic) bond motifs is 1. The smallest absolute Gasteiger partial charge is 0.239 e. The van der Waals surface area contributed by atoms with Crippen molar-refractivity contribution in [1.82, 2.24) is 9.88 Å². The molecule has 0 saturated heterocycles. The molecular weight excluding hydrogens is 354 g/mol. The number of nitrogens with zero attached hydrogens (tertiary/aromatic N) is 1. The van der Waals surface area contributed by atoms with Gasteiger partial charge in [-0.1, -0.05) is 33.1 Å². The average Bonchev–Trinajstić information content (AvgIpc) is 2.86. The minimum absolute atomic E-state index is 0.0681. The minimum Gasteiger partial charge on any atom is -0.368 e. The third-order valence-corrected chi connectivity index (χ3v) is 6.32. The van der Waals surface area contributed by atoms with E-state index in [-0.39, 0.29) is 23.5 Å². The van der Waals surface area contributed by atoms with Gasteiger partial charge in [-0.05, 0) is 44.1 Å². The molecule has 2 aliphatic carbocycles. The predicted molar refractivity (Wildman–Crippen MR) is 108 cm³/mol. The van der Waals surface area contributed by atoms with Crippen molar-refractivity contribution < 1.29 is 14.4 Å². The highest BCUT2D eigenvalue weighted by Crippen LogP contribution is 2.42. The van der Waals surface area contributed by atoms with Gasteiger partial charge in [0.1, 0.15) is 6.04 Å². The molecular formula is C22H33N3O3. The van der Waals surface area contributed by atoms with Crippen molar-refractivity contribution >= 4 is 17.6 Å². The van der Waals surface area contributed by atoms with Crippen molar-refractivity contribution in [3.8, 4) is 0 Å². The van der Waals surface area contributed by atoms with Crippen molar-refractivity contribution in [2.24, 2.45) is 11.1 Å². The van der Waals surface area contributed by atoms with E-state index in [1.54, 1.807) is 6.92 Å². The van der Waals surface area contributed by atoms with Crippen LogP contribution in [0.15, 0.2) is 0 Å². The quantitative estimate of drug-likeness (QED) is 0.813. The fourth-order valence-corrected chi connectivity index (χ4v) is 4.94. The number of hydrogen-bond donors (Lipinski definition) is 2. The van der Waals surface area contributed by atoms with Crippen LogP contribution in [0.1, 0.15) is 92.6 Å². The summed E-state index contributed by atoms with van der Waals surface area (Å²) in [5.41, 5.74) is 8.91. The zero-order valence-corrected chi connectivity index (χ0v) is 17.6. The van der Waals surface area contributed by atoms with E-state index in [4.69, 9.17) is 5.73 Å². The predicted octanol–water partition coefficient (Wildman–Crippen LogP) is 2.99. The van der Waals surface area contributed by atoms with Crippen LogP contribution in [0.4, 0.5) is 0 Å². The van der Waals surface area contributed by atoms with Crippen LogP contribution < -0.4 is 11.1 Å². The maximum atomic E-state index is 13.1. The molecule has 1 heterocycles. The molecule has 0 aromatic carbocycles. The Labute approximate surface area is 167 Å². The number of ketones is 1. The summed E-state index contributed by atoms with van der Waals surface area (Å²) in [5, 5.41) is 2.65. The van der Waals surface area contributed by atoms with Crippen molar-refractivity contribution in [3.05, 3.63) is 22.5 Å². The number of aromatic nitrogens is 1. The lowest BCUT2D eigenvalue weighted by Crippen LogP contribution is -2.43. The van der Waals surface area contributed by atoms with Crippen LogP contribution in [0.3, 0.4) is 0 Å². The van der Waals surface area contributed by atoms with Gasteiger partial charge in [0.05, 0.1) is 6.42 Å². The van der Waals surface area contributed by atoms with Crippen molar-refractivity contribution in [2.75, 3.05) is 0 Å². The lowest BCUT2D eigenvalue weighted by molar-refractivity contribution is -0.126. The normalized spacial score (nSPS) is 20.5. The molecule has 0 unspecified atom stereocenters. The molecule has 3 N–H and O–H groups in total. The van der Waals surface area contributed by atoms with Crippen LogP contribution in [-0.4, -0.2) is 28.2 Å². The molecule has 28 heavy (non-hydrogen) atoms. The molecule has 1 saturated carbocycles. The van der Waals surface area contributed by atoms with Crippen LogP contribution in [0.5, 0.6) is 0 Å². The summed E-state index contributed by atoms with van der Waals surface area (Å²) in [6.07, 6.45) is 7.40. The Morgan fingerprint density at radius 1 is 1.21 bits per heavy atom. The lowest BCUT2D eigenvalue weighted by Gasteiger charge is -2.33. The van der Waals surface area contributed by atoms with Crippen LogP contribution in [-0.2, 0) is 22.4 Å². The molecule has 1 atom stereocenters. The average molecular weight is 388 g/mol. The lowest BCUT2D eigenvalue weighted by atomic mass is 9.75. The molecule has 1 aromatic rings. The summed E-state index contributed by atoms with van der Waals surface area (Å²) in [7, 11) is 0. The first kappa shape index (κ1) is 20.6. The summed E-state index contributed by atoms with van der Waals surface area (Å²) < 4.78 is 2.37. The van der Waals surface area contributed by atoms with Gasteiger partial charge in [0.15, 0.2) is 5.78 Å². The topological polar surface area (TPSA) is 94.2 Å². The van der Waals surface area contributed by atoms with Crippen molar-refractivity contribution in [1.29, 1.82) is 0 Å². The third kappa shape index (κ3) is 4.01. The first-order chi connectivity index (χ1) is 13.1. The van der Waals surface area contributed by atoms with Gasteiger partial charge in [-0.2, -0.15) is 0 Å². The number of amides is 2. The molecule has 0 radical (unpaired) electrons. The second-order valence-corrected chi connectivity index (χ2v) is 9.36. The number of rotatable bonds is 5. The monoisotopic (exact) mass is 387 g/mol. The van der Waals surface area contributed by atoms with Gasteiger partial charge in [0.2, 0.25) is 11.8 Å². The third-order valence-electron chi connectivity index (χ3n) is 6.32. The van der Waals surface area contributed by atoms with Gasteiger partial charge >= 0.3 is 0 Å². The SMILES string of the molecule is Cc1c(CC(=O)N[C@@H](C)C(N)=O)c2c(n1C1CCCCC1)CC(C)(C)CC2=O.